The fourth-order valence-electron chi connectivity index (χ4n) is 4.56. The number of sulfonamides is 1. The average Bonchev–Trinajstić information content (AvgIpc) is 3.31. The van der Waals surface area contributed by atoms with Crippen LogP contribution in [0, 0.1) is 0 Å². The molecule has 0 aliphatic heterocycles. The first-order chi connectivity index (χ1) is 16.2. The number of furan rings is 1. The van der Waals surface area contributed by atoms with Crippen molar-refractivity contribution in [2.24, 2.45) is 0 Å². The molecular weight excluding hydrogens is 466 g/mol. The van der Waals surface area contributed by atoms with Crippen LogP contribution in [0.2, 0.25) is 18.1 Å². The predicted octanol–water partition coefficient (Wildman–Crippen LogP) is 7.09. The summed E-state index contributed by atoms with van der Waals surface area (Å²) in [5.41, 5.74) is 0.627. The van der Waals surface area contributed by atoms with Crippen LogP contribution in [-0.2, 0) is 19.7 Å². The van der Waals surface area contributed by atoms with E-state index in [2.05, 4.69) is 27.7 Å². The van der Waals surface area contributed by atoms with Crippen LogP contribution in [0.1, 0.15) is 117 Å². The Morgan fingerprint density at radius 2 is 1.44 bits per heavy atom. The highest BCUT2D eigenvalue weighted by Crippen LogP contribution is 2.29. The summed E-state index contributed by atoms with van der Waals surface area (Å²) in [4.78, 5) is 16.8. The molecule has 0 aliphatic rings. The number of carbonyl (C=O) groups is 1. The van der Waals surface area contributed by atoms with E-state index in [9.17, 15) is 13.2 Å². The second-order valence-corrected chi connectivity index (χ2v) is 16.9. The van der Waals surface area contributed by atoms with Gasteiger partial charge < -0.3 is 9.25 Å². The van der Waals surface area contributed by atoms with Crippen molar-refractivity contribution in [1.82, 2.24) is 4.47 Å². The van der Waals surface area contributed by atoms with Crippen LogP contribution in [0.15, 0.2) is 16.7 Å². The zero-order chi connectivity index (χ0) is 25.6. The van der Waals surface area contributed by atoms with E-state index >= 15 is 0 Å². The first-order valence-corrected chi connectivity index (χ1v) is 17.6. The molecular formula is C26H49NO5SSi. The maximum Gasteiger partial charge on any atom is 0.323 e. The SMILES string of the molecule is CCCCCCCCCCCCN(OC(C)=O)S(=O)(=O)C(C)c1coc([Si](CC)(CC)CC)c1. The van der Waals surface area contributed by atoms with Crippen LogP contribution in [0.25, 0.3) is 0 Å². The number of nitrogens with zero attached hydrogens (tertiary/aromatic N) is 1. The molecule has 6 nitrogen and oxygen atoms in total. The number of unbranched alkanes of at least 4 members (excludes halogenated alkanes) is 9. The zero-order valence-electron chi connectivity index (χ0n) is 22.5. The first kappa shape index (κ1) is 30.9. The molecule has 1 atom stereocenters. The van der Waals surface area contributed by atoms with Gasteiger partial charge in [-0.1, -0.05) is 104 Å². The van der Waals surface area contributed by atoms with Gasteiger partial charge in [-0.3, -0.25) is 4.79 Å². The Labute approximate surface area is 209 Å². The Balaban J connectivity index is 2.72. The van der Waals surface area contributed by atoms with Crippen molar-refractivity contribution in [3.8, 4) is 0 Å². The molecule has 1 unspecified atom stereocenters. The van der Waals surface area contributed by atoms with Crippen molar-refractivity contribution in [3.63, 3.8) is 0 Å². The molecule has 0 bridgehead atoms. The van der Waals surface area contributed by atoms with E-state index in [1.54, 1.807) is 13.2 Å². The van der Waals surface area contributed by atoms with Gasteiger partial charge in [0.25, 0.3) is 10.0 Å². The van der Waals surface area contributed by atoms with Crippen molar-refractivity contribution in [1.29, 1.82) is 0 Å². The normalized spacial score (nSPS) is 13.4. The van der Waals surface area contributed by atoms with E-state index in [1.165, 1.54) is 51.9 Å². The molecule has 1 aromatic heterocycles. The van der Waals surface area contributed by atoms with Crippen molar-refractivity contribution >= 4 is 29.4 Å². The highest BCUT2D eigenvalue weighted by Gasteiger charge is 2.37. The smallest absolute Gasteiger partial charge is 0.323 e. The Bertz CT molecular complexity index is 796. The number of hydrogen-bond donors (Lipinski definition) is 0. The Morgan fingerprint density at radius 1 is 0.941 bits per heavy atom. The van der Waals surface area contributed by atoms with Gasteiger partial charge in [0.15, 0.2) is 0 Å². The molecule has 0 saturated carbocycles. The first-order valence-electron chi connectivity index (χ1n) is 13.5. The summed E-state index contributed by atoms with van der Waals surface area (Å²) in [6.45, 7) is 11.9. The molecule has 0 radical (unpaired) electrons. The minimum atomic E-state index is -3.87. The molecule has 0 amide bonds. The fraction of sp³-hybridized carbons (Fsp3) is 0.808. The molecule has 0 N–H and O–H groups in total. The highest BCUT2D eigenvalue weighted by molar-refractivity contribution is 7.89. The molecule has 0 aromatic carbocycles. The predicted molar refractivity (Wildman–Crippen MR) is 143 cm³/mol. The van der Waals surface area contributed by atoms with E-state index in [-0.39, 0.29) is 6.54 Å². The standard InChI is InChI=1S/C26H49NO5SSi/c1-7-11-12-13-14-15-16-17-18-19-20-27(32-24(6)28)33(29,30)23(5)25-21-26(31-22-25)34(8-2,9-3)10-4/h21-23H,7-20H2,1-6H3. The van der Waals surface area contributed by atoms with Crippen LogP contribution >= 0.6 is 0 Å². The van der Waals surface area contributed by atoms with Gasteiger partial charge in [0.1, 0.15) is 13.3 Å². The van der Waals surface area contributed by atoms with Crippen LogP contribution in [0.5, 0.6) is 0 Å². The average molecular weight is 516 g/mol. The highest BCUT2D eigenvalue weighted by atomic mass is 32.2. The van der Waals surface area contributed by atoms with Crippen LogP contribution in [0.4, 0.5) is 0 Å². The summed E-state index contributed by atoms with van der Waals surface area (Å²) >= 11 is 0. The van der Waals surface area contributed by atoms with Crippen molar-refractivity contribution < 1.29 is 22.5 Å². The molecule has 1 rings (SSSR count). The number of carbonyl (C=O) groups excluding carboxylic acids is 1. The van der Waals surface area contributed by atoms with E-state index in [0.29, 0.717) is 12.0 Å². The van der Waals surface area contributed by atoms with Gasteiger partial charge in [0.2, 0.25) is 0 Å². The van der Waals surface area contributed by atoms with Crippen LogP contribution in [-0.4, -0.2) is 33.5 Å². The van der Waals surface area contributed by atoms with Crippen molar-refractivity contribution in [2.75, 3.05) is 6.54 Å². The van der Waals surface area contributed by atoms with Gasteiger partial charge in [-0.05, 0) is 23.9 Å². The molecule has 1 aromatic rings. The van der Waals surface area contributed by atoms with E-state index in [0.717, 1.165) is 40.8 Å². The lowest BCUT2D eigenvalue weighted by Crippen LogP contribution is -2.45. The number of rotatable bonds is 19. The summed E-state index contributed by atoms with van der Waals surface area (Å²) in [7, 11) is -5.60. The van der Waals surface area contributed by atoms with E-state index in [4.69, 9.17) is 9.25 Å². The summed E-state index contributed by atoms with van der Waals surface area (Å²) in [5.74, 6) is -0.620. The summed E-state index contributed by atoms with van der Waals surface area (Å²) < 4.78 is 33.5. The molecule has 1 heterocycles. The monoisotopic (exact) mass is 515 g/mol. The van der Waals surface area contributed by atoms with Gasteiger partial charge in [-0.15, -0.1) is 0 Å². The van der Waals surface area contributed by atoms with E-state index in [1.807, 2.05) is 6.07 Å². The minimum Gasteiger partial charge on any atom is -0.474 e. The lowest BCUT2D eigenvalue weighted by molar-refractivity contribution is -0.166. The number of hydrogen-bond acceptors (Lipinski definition) is 5. The molecule has 0 spiro atoms. The van der Waals surface area contributed by atoms with Gasteiger partial charge in [0.05, 0.1) is 18.2 Å². The van der Waals surface area contributed by atoms with Gasteiger partial charge in [0, 0.05) is 12.5 Å². The van der Waals surface area contributed by atoms with Crippen LogP contribution in [0.3, 0.4) is 0 Å². The molecule has 198 valence electrons. The van der Waals surface area contributed by atoms with Crippen LogP contribution < -0.4 is 5.38 Å². The second kappa shape index (κ2) is 15.8. The summed E-state index contributed by atoms with van der Waals surface area (Å²) in [6, 6.07) is 5.11. The Morgan fingerprint density at radius 3 is 1.91 bits per heavy atom. The third-order valence-electron chi connectivity index (χ3n) is 7.30. The molecule has 34 heavy (non-hydrogen) atoms. The molecule has 0 aliphatic carbocycles. The lowest BCUT2D eigenvalue weighted by atomic mass is 10.1. The number of hydroxylamine groups is 1. The van der Waals surface area contributed by atoms with Gasteiger partial charge >= 0.3 is 5.97 Å². The molecule has 0 fully saturated rings. The zero-order valence-corrected chi connectivity index (χ0v) is 24.3. The summed E-state index contributed by atoms with van der Waals surface area (Å²) in [6.07, 6.45) is 13.1. The maximum absolute atomic E-state index is 13.3. The van der Waals surface area contributed by atoms with Gasteiger partial charge in [-0.25, -0.2) is 8.42 Å². The molecule has 8 heteroatoms. The minimum absolute atomic E-state index is 0.186. The van der Waals surface area contributed by atoms with Crippen molar-refractivity contribution in [2.45, 2.75) is 129 Å². The maximum atomic E-state index is 13.3. The van der Waals surface area contributed by atoms with Gasteiger partial charge in [-0.2, -0.15) is 0 Å². The topological polar surface area (TPSA) is 76.8 Å². The van der Waals surface area contributed by atoms with Crippen molar-refractivity contribution in [3.05, 3.63) is 17.9 Å². The van der Waals surface area contributed by atoms with E-state index < -0.39 is 29.3 Å². The third kappa shape index (κ3) is 9.15. The second-order valence-electron chi connectivity index (χ2n) is 9.56. The summed E-state index contributed by atoms with van der Waals surface area (Å²) in [5, 5.41) is 0.121. The fourth-order valence-corrected chi connectivity index (χ4v) is 9.30. The third-order valence-corrected chi connectivity index (χ3v) is 14.7. The molecule has 0 saturated heterocycles. The lowest BCUT2D eigenvalue weighted by Gasteiger charge is -2.25. The quantitative estimate of drug-likeness (QED) is 0.112. The Kier molecular flexibility index (Phi) is 14.4. The Hall–Kier alpha value is -1.12. The largest absolute Gasteiger partial charge is 0.474 e.